The molecule has 0 spiro atoms. The number of anilines is 1. The number of halogens is 1. The molecule has 0 aliphatic carbocycles. The van der Waals surface area contributed by atoms with E-state index in [1.54, 1.807) is 0 Å². The molecule has 0 saturated carbocycles. The minimum absolute atomic E-state index is 0.137. The van der Waals surface area contributed by atoms with Crippen molar-refractivity contribution in [3.05, 3.63) is 38.4 Å². The van der Waals surface area contributed by atoms with Crippen LogP contribution in [0.2, 0.25) is 0 Å². The number of non-ortho nitro benzene ring substituents is 1. The van der Waals surface area contributed by atoms with Gasteiger partial charge in [0.25, 0.3) is 11.4 Å². The maximum Gasteiger partial charge on any atom is 0.299 e. The van der Waals surface area contributed by atoms with Crippen LogP contribution in [-0.4, -0.2) is 21.8 Å². The van der Waals surface area contributed by atoms with Crippen LogP contribution >= 0.6 is 11.6 Å². The Hall–Kier alpha value is -1.89. The number of nitro benzene ring substituents is 2. The van der Waals surface area contributed by atoms with Crippen molar-refractivity contribution in [2.24, 2.45) is 5.92 Å². The molecule has 2 unspecified atom stereocenters. The van der Waals surface area contributed by atoms with Crippen LogP contribution in [0, 0.1) is 26.1 Å². The topological polar surface area (TPSA) is 98.3 Å². The van der Waals surface area contributed by atoms with Gasteiger partial charge in [-0.15, -0.1) is 11.6 Å². The fourth-order valence-corrected chi connectivity index (χ4v) is 2.11. The largest absolute Gasteiger partial charge is 0.375 e. The first-order valence-corrected chi connectivity index (χ1v) is 6.69. The third-order valence-corrected chi connectivity index (χ3v) is 3.56. The van der Waals surface area contributed by atoms with Gasteiger partial charge in [0.2, 0.25) is 0 Å². The normalized spacial score (nSPS) is 13.6. The van der Waals surface area contributed by atoms with Gasteiger partial charge in [-0.2, -0.15) is 0 Å². The molecule has 7 nitrogen and oxygen atoms in total. The first-order valence-electron chi connectivity index (χ1n) is 6.16. The van der Waals surface area contributed by atoms with Crippen LogP contribution in [0.4, 0.5) is 17.1 Å². The molecule has 0 amide bonds. The highest BCUT2D eigenvalue weighted by Gasteiger charge is 2.23. The minimum atomic E-state index is -0.662. The molecular formula is C12H16ClN3O4. The monoisotopic (exact) mass is 301 g/mol. The maximum absolute atomic E-state index is 11.0. The summed E-state index contributed by atoms with van der Waals surface area (Å²) in [5.41, 5.74) is -0.391. The molecule has 2 atom stereocenters. The number of nitrogens with one attached hydrogen (secondary N) is 1. The van der Waals surface area contributed by atoms with E-state index in [9.17, 15) is 20.2 Å². The highest BCUT2D eigenvalue weighted by atomic mass is 35.5. The molecule has 0 aliphatic rings. The molecule has 1 N–H and O–H groups in total. The molecule has 1 aromatic carbocycles. The summed E-state index contributed by atoms with van der Waals surface area (Å²) in [5, 5.41) is 24.7. The van der Waals surface area contributed by atoms with Crippen LogP contribution in [0.1, 0.15) is 20.3 Å². The Bertz CT molecular complexity index is 509. The second kappa shape index (κ2) is 7.04. The average Bonchev–Trinajstić information content (AvgIpc) is 2.43. The molecule has 0 fully saturated rings. The SMILES string of the molecule is CCC(C)C(CCl)Nc1ccc([N+](=O)[O-])cc1[N+](=O)[O-]. The first kappa shape index (κ1) is 16.2. The zero-order valence-electron chi connectivity index (χ0n) is 11.2. The van der Waals surface area contributed by atoms with Crippen molar-refractivity contribution in [3.8, 4) is 0 Å². The van der Waals surface area contributed by atoms with Gasteiger partial charge in [-0.05, 0) is 12.0 Å². The molecule has 0 aliphatic heterocycles. The van der Waals surface area contributed by atoms with Crippen molar-refractivity contribution in [2.45, 2.75) is 26.3 Å². The number of alkyl halides is 1. The molecule has 0 heterocycles. The Morgan fingerprint density at radius 2 is 1.95 bits per heavy atom. The predicted molar refractivity (Wildman–Crippen MR) is 77.3 cm³/mol. The highest BCUT2D eigenvalue weighted by molar-refractivity contribution is 6.18. The number of benzene rings is 1. The van der Waals surface area contributed by atoms with Gasteiger partial charge in [-0.3, -0.25) is 20.2 Å². The van der Waals surface area contributed by atoms with E-state index in [0.29, 0.717) is 5.88 Å². The molecule has 0 saturated heterocycles. The molecule has 0 aromatic heterocycles. The Kier molecular flexibility index (Phi) is 5.69. The Morgan fingerprint density at radius 1 is 1.30 bits per heavy atom. The van der Waals surface area contributed by atoms with Gasteiger partial charge < -0.3 is 5.32 Å². The standard InChI is InChI=1S/C12H16ClN3O4/c1-3-8(2)11(7-13)14-10-5-4-9(15(17)18)6-12(10)16(19)20/h4-6,8,11,14H,3,7H2,1-2H3. The molecular weight excluding hydrogens is 286 g/mol. The van der Waals surface area contributed by atoms with Crippen molar-refractivity contribution in [2.75, 3.05) is 11.2 Å². The summed E-state index contributed by atoms with van der Waals surface area (Å²) >= 11 is 5.86. The van der Waals surface area contributed by atoms with Gasteiger partial charge in [0.05, 0.1) is 15.9 Å². The van der Waals surface area contributed by atoms with Crippen molar-refractivity contribution in [1.29, 1.82) is 0 Å². The van der Waals surface area contributed by atoms with E-state index in [2.05, 4.69) is 5.32 Å². The first-order chi connectivity index (χ1) is 9.40. The Balaban J connectivity index is 3.11. The van der Waals surface area contributed by atoms with Crippen LogP contribution in [-0.2, 0) is 0 Å². The predicted octanol–water partition coefficient (Wildman–Crippen LogP) is 3.57. The minimum Gasteiger partial charge on any atom is -0.375 e. The van der Waals surface area contributed by atoms with Gasteiger partial charge in [0.15, 0.2) is 0 Å². The molecule has 20 heavy (non-hydrogen) atoms. The number of rotatable bonds is 7. The zero-order chi connectivity index (χ0) is 15.3. The lowest BCUT2D eigenvalue weighted by atomic mass is 10.0. The summed E-state index contributed by atoms with van der Waals surface area (Å²) < 4.78 is 0. The summed E-state index contributed by atoms with van der Waals surface area (Å²) in [7, 11) is 0. The molecule has 8 heteroatoms. The smallest absolute Gasteiger partial charge is 0.299 e. The third-order valence-electron chi connectivity index (χ3n) is 3.23. The van der Waals surface area contributed by atoms with Crippen molar-refractivity contribution in [3.63, 3.8) is 0 Å². The molecule has 0 radical (unpaired) electrons. The van der Waals surface area contributed by atoms with Crippen LogP contribution < -0.4 is 5.32 Å². The lowest BCUT2D eigenvalue weighted by Crippen LogP contribution is -2.29. The van der Waals surface area contributed by atoms with Crippen molar-refractivity contribution < 1.29 is 9.85 Å². The van der Waals surface area contributed by atoms with Gasteiger partial charge in [-0.25, -0.2) is 0 Å². The summed E-state index contributed by atoms with van der Waals surface area (Å²) in [6.45, 7) is 3.98. The molecule has 0 bridgehead atoms. The molecule has 1 rings (SSSR count). The van der Waals surface area contributed by atoms with E-state index in [4.69, 9.17) is 11.6 Å². The van der Waals surface area contributed by atoms with Crippen molar-refractivity contribution >= 4 is 28.7 Å². The van der Waals surface area contributed by atoms with Crippen LogP contribution in [0.25, 0.3) is 0 Å². The average molecular weight is 302 g/mol. The maximum atomic E-state index is 11.0. The zero-order valence-corrected chi connectivity index (χ0v) is 12.0. The molecule has 110 valence electrons. The van der Waals surface area contributed by atoms with E-state index in [1.165, 1.54) is 12.1 Å². The number of hydrogen-bond acceptors (Lipinski definition) is 5. The number of nitrogens with zero attached hydrogens (tertiary/aromatic N) is 2. The van der Waals surface area contributed by atoms with Gasteiger partial charge in [0, 0.05) is 18.0 Å². The summed E-state index contributed by atoms with van der Waals surface area (Å²) in [6, 6.07) is 3.39. The quantitative estimate of drug-likeness (QED) is 0.471. The summed E-state index contributed by atoms with van der Waals surface area (Å²) in [5.74, 6) is 0.519. The number of hydrogen-bond donors (Lipinski definition) is 1. The molecule has 1 aromatic rings. The van der Waals surface area contributed by atoms with E-state index in [1.807, 2.05) is 13.8 Å². The van der Waals surface area contributed by atoms with Crippen molar-refractivity contribution in [1.82, 2.24) is 0 Å². The second-order valence-corrected chi connectivity index (χ2v) is 4.81. The fourth-order valence-electron chi connectivity index (χ4n) is 1.72. The fraction of sp³-hybridized carbons (Fsp3) is 0.500. The van der Waals surface area contributed by atoms with Gasteiger partial charge in [0.1, 0.15) is 5.69 Å². The number of nitro groups is 2. The van der Waals surface area contributed by atoms with E-state index < -0.39 is 9.85 Å². The summed E-state index contributed by atoms with van der Waals surface area (Å²) in [6.07, 6.45) is 0.866. The summed E-state index contributed by atoms with van der Waals surface area (Å²) in [4.78, 5) is 20.4. The Morgan fingerprint density at radius 3 is 2.40 bits per heavy atom. The van der Waals surface area contributed by atoms with E-state index in [-0.39, 0.29) is 29.0 Å². The Labute approximate surface area is 121 Å². The van der Waals surface area contributed by atoms with Crippen LogP contribution in [0.15, 0.2) is 18.2 Å². The van der Waals surface area contributed by atoms with Crippen LogP contribution in [0.3, 0.4) is 0 Å². The lowest BCUT2D eigenvalue weighted by Gasteiger charge is -2.22. The second-order valence-electron chi connectivity index (χ2n) is 4.51. The van der Waals surface area contributed by atoms with Gasteiger partial charge in [-0.1, -0.05) is 20.3 Å². The van der Waals surface area contributed by atoms with Crippen LogP contribution in [0.5, 0.6) is 0 Å². The lowest BCUT2D eigenvalue weighted by molar-refractivity contribution is -0.393. The van der Waals surface area contributed by atoms with E-state index >= 15 is 0 Å². The third kappa shape index (κ3) is 3.80. The van der Waals surface area contributed by atoms with Gasteiger partial charge >= 0.3 is 0 Å². The van der Waals surface area contributed by atoms with E-state index in [0.717, 1.165) is 12.5 Å². The highest BCUT2D eigenvalue weighted by Crippen LogP contribution is 2.30.